The second-order valence-corrected chi connectivity index (χ2v) is 6.74. The fourth-order valence-electron chi connectivity index (χ4n) is 2.74. The Morgan fingerprint density at radius 1 is 1.14 bits per heavy atom. The molecule has 0 N–H and O–H groups in total. The van der Waals surface area contributed by atoms with Crippen molar-refractivity contribution in [1.29, 1.82) is 0 Å². The van der Waals surface area contributed by atoms with Crippen molar-refractivity contribution in [3.05, 3.63) is 71.1 Å². The lowest BCUT2D eigenvalue weighted by Gasteiger charge is -2.07. The van der Waals surface area contributed by atoms with Crippen molar-refractivity contribution in [3.63, 3.8) is 0 Å². The topological polar surface area (TPSA) is 52.3 Å². The summed E-state index contributed by atoms with van der Waals surface area (Å²) >= 11 is 0. The number of oxazole rings is 1. The Labute approximate surface area is 166 Å². The normalized spacial score (nSPS) is 11.5. The molecule has 1 aromatic heterocycles. The van der Waals surface area contributed by atoms with Gasteiger partial charge in [-0.05, 0) is 56.2 Å². The van der Waals surface area contributed by atoms with E-state index >= 15 is 0 Å². The van der Waals surface area contributed by atoms with E-state index in [1.165, 1.54) is 12.1 Å². The van der Waals surface area contributed by atoms with Crippen molar-refractivity contribution in [2.45, 2.75) is 39.5 Å². The second-order valence-electron chi connectivity index (χ2n) is 6.74. The molecule has 0 radical (unpaired) electrons. The molecule has 29 heavy (non-hydrogen) atoms. The van der Waals surface area contributed by atoms with Crippen LogP contribution in [0.15, 0.2) is 52.9 Å². The first-order valence-corrected chi connectivity index (χ1v) is 9.07. The Kier molecular flexibility index (Phi) is 6.06. The first-order chi connectivity index (χ1) is 13.7. The van der Waals surface area contributed by atoms with Gasteiger partial charge in [0.05, 0.1) is 11.3 Å². The molecule has 4 nitrogen and oxygen atoms in total. The van der Waals surface area contributed by atoms with E-state index in [-0.39, 0.29) is 23.8 Å². The zero-order valence-electron chi connectivity index (χ0n) is 16.0. The highest BCUT2D eigenvalue weighted by Crippen LogP contribution is 2.32. The highest BCUT2D eigenvalue weighted by atomic mass is 19.4. The molecule has 0 amide bonds. The molecular formula is C22H20F3NO3. The first-order valence-electron chi connectivity index (χ1n) is 9.07. The molecule has 1 heterocycles. The van der Waals surface area contributed by atoms with Gasteiger partial charge in [-0.15, -0.1) is 0 Å². The van der Waals surface area contributed by atoms with E-state index in [4.69, 9.17) is 9.15 Å². The third kappa shape index (κ3) is 5.47. The molecule has 2 aromatic carbocycles. The van der Waals surface area contributed by atoms with Crippen LogP contribution in [0, 0.1) is 6.92 Å². The van der Waals surface area contributed by atoms with E-state index < -0.39 is 11.7 Å². The van der Waals surface area contributed by atoms with E-state index in [1.54, 1.807) is 26.0 Å². The summed E-state index contributed by atoms with van der Waals surface area (Å²) in [5.41, 5.74) is 1.09. The molecule has 0 unspecified atom stereocenters. The van der Waals surface area contributed by atoms with Gasteiger partial charge in [0.1, 0.15) is 18.1 Å². The number of aromatic nitrogens is 1. The number of carbonyl (C=O) groups is 1. The second kappa shape index (κ2) is 8.51. The number of hydrogen-bond donors (Lipinski definition) is 0. The summed E-state index contributed by atoms with van der Waals surface area (Å²) in [4.78, 5) is 15.3. The molecule has 0 atom stereocenters. The van der Waals surface area contributed by atoms with Crippen LogP contribution in [-0.2, 0) is 24.0 Å². The highest BCUT2D eigenvalue weighted by Gasteiger charge is 2.30. The number of carbonyl (C=O) groups excluding carboxylic acids is 1. The Morgan fingerprint density at radius 3 is 2.52 bits per heavy atom. The predicted molar refractivity (Wildman–Crippen MR) is 101 cm³/mol. The average molecular weight is 403 g/mol. The van der Waals surface area contributed by atoms with Crippen LogP contribution in [-0.4, -0.2) is 10.8 Å². The predicted octanol–water partition coefficient (Wildman–Crippen LogP) is 5.77. The van der Waals surface area contributed by atoms with E-state index in [0.29, 0.717) is 30.0 Å². The molecule has 0 spiro atoms. The number of ketones is 1. The number of aryl methyl sites for hydroxylation is 2. The number of benzene rings is 2. The maximum Gasteiger partial charge on any atom is 0.416 e. The van der Waals surface area contributed by atoms with E-state index in [0.717, 1.165) is 17.7 Å². The molecule has 0 aliphatic heterocycles. The van der Waals surface area contributed by atoms with Gasteiger partial charge in [-0.2, -0.15) is 13.2 Å². The van der Waals surface area contributed by atoms with Gasteiger partial charge in [-0.1, -0.05) is 18.2 Å². The lowest BCUT2D eigenvalue weighted by atomic mass is 10.1. The number of alkyl halides is 3. The molecule has 0 bridgehead atoms. The SMILES string of the molecule is CC(=O)CCc1ccc(OCc2oc(-c3cccc(C(F)(F)F)c3)nc2C)cc1. The van der Waals surface area contributed by atoms with Crippen molar-refractivity contribution in [1.82, 2.24) is 4.98 Å². The van der Waals surface area contributed by atoms with Gasteiger partial charge < -0.3 is 13.9 Å². The molecule has 7 heteroatoms. The zero-order chi connectivity index (χ0) is 21.0. The van der Waals surface area contributed by atoms with Crippen LogP contribution in [0.3, 0.4) is 0 Å². The van der Waals surface area contributed by atoms with Gasteiger partial charge in [-0.25, -0.2) is 4.98 Å². The summed E-state index contributed by atoms with van der Waals surface area (Å²) in [6.45, 7) is 3.37. The van der Waals surface area contributed by atoms with Crippen molar-refractivity contribution in [3.8, 4) is 17.2 Å². The Balaban J connectivity index is 1.68. The molecule has 0 saturated heterocycles. The number of hydrogen-bond acceptors (Lipinski definition) is 4. The van der Waals surface area contributed by atoms with Crippen LogP contribution in [0.25, 0.3) is 11.5 Å². The molecular weight excluding hydrogens is 383 g/mol. The minimum Gasteiger partial charge on any atom is -0.486 e. The number of halogens is 3. The van der Waals surface area contributed by atoms with Gasteiger partial charge in [0.25, 0.3) is 0 Å². The third-order valence-electron chi connectivity index (χ3n) is 4.39. The Bertz CT molecular complexity index is 991. The van der Waals surface area contributed by atoms with Crippen LogP contribution in [0.1, 0.15) is 35.9 Å². The molecule has 3 aromatic rings. The quantitative estimate of drug-likeness (QED) is 0.503. The number of ether oxygens (including phenoxy) is 1. The van der Waals surface area contributed by atoms with Crippen molar-refractivity contribution in [2.24, 2.45) is 0 Å². The Morgan fingerprint density at radius 2 is 1.86 bits per heavy atom. The van der Waals surface area contributed by atoms with Crippen LogP contribution in [0.2, 0.25) is 0 Å². The van der Waals surface area contributed by atoms with Crippen LogP contribution in [0.4, 0.5) is 13.2 Å². The third-order valence-corrected chi connectivity index (χ3v) is 4.39. The lowest BCUT2D eigenvalue weighted by molar-refractivity contribution is -0.137. The monoisotopic (exact) mass is 403 g/mol. The van der Waals surface area contributed by atoms with Gasteiger partial charge in [0.15, 0.2) is 5.76 Å². The lowest BCUT2D eigenvalue weighted by Crippen LogP contribution is -2.04. The average Bonchev–Trinajstić information content (AvgIpc) is 3.06. The highest BCUT2D eigenvalue weighted by molar-refractivity contribution is 5.75. The summed E-state index contributed by atoms with van der Waals surface area (Å²) in [5.74, 6) is 1.32. The van der Waals surface area contributed by atoms with Crippen LogP contribution < -0.4 is 4.74 Å². The zero-order valence-corrected chi connectivity index (χ0v) is 16.0. The minimum absolute atomic E-state index is 0.102. The smallest absolute Gasteiger partial charge is 0.416 e. The molecule has 152 valence electrons. The maximum atomic E-state index is 12.9. The summed E-state index contributed by atoms with van der Waals surface area (Å²) in [6, 6.07) is 12.2. The molecule has 0 fully saturated rings. The standard InChI is InChI=1S/C22H20F3NO3/c1-14(27)6-7-16-8-10-19(11-9-16)28-13-20-15(2)26-21(29-20)17-4-3-5-18(12-17)22(23,24)25/h3-5,8-12H,6-7,13H2,1-2H3. The fraction of sp³-hybridized carbons (Fsp3) is 0.273. The van der Waals surface area contributed by atoms with Gasteiger partial charge in [-0.3, -0.25) is 0 Å². The number of nitrogens with zero attached hydrogens (tertiary/aromatic N) is 1. The van der Waals surface area contributed by atoms with Gasteiger partial charge in [0.2, 0.25) is 5.89 Å². The van der Waals surface area contributed by atoms with Gasteiger partial charge >= 0.3 is 6.18 Å². The van der Waals surface area contributed by atoms with Crippen LogP contribution >= 0.6 is 0 Å². The maximum absolute atomic E-state index is 12.9. The van der Waals surface area contributed by atoms with E-state index in [9.17, 15) is 18.0 Å². The molecule has 3 rings (SSSR count). The first kappa shape index (κ1) is 20.6. The molecule has 0 saturated carbocycles. The largest absolute Gasteiger partial charge is 0.486 e. The van der Waals surface area contributed by atoms with Gasteiger partial charge in [0, 0.05) is 12.0 Å². The number of rotatable bonds is 7. The molecule has 0 aliphatic rings. The van der Waals surface area contributed by atoms with Crippen molar-refractivity contribution >= 4 is 5.78 Å². The summed E-state index contributed by atoms with van der Waals surface area (Å²) in [7, 11) is 0. The van der Waals surface area contributed by atoms with Crippen molar-refractivity contribution < 1.29 is 27.1 Å². The molecule has 0 aliphatic carbocycles. The summed E-state index contributed by atoms with van der Waals surface area (Å²) in [6.07, 6.45) is -3.26. The summed E-state index contributed by atoms with van der Waals surface area (Å²) in [5, 5.41) is 0. The van der Waals surface area contributed by atoms with E-state index in [1.807, 2.05) is 12.1 Å². The Hall–Kier alpha value is -3.09. The van der Waals surface area contributed by atoms with E-state index in [2.05, 4.69) is 4.98 Å². The fourth-order valence-corrected chi connectivity index (χ4v) is 2.74. The number of Topliss-reactive ketones (excluding diaryl/α,β-unsaturated/α-hetero) is 1. The van der Waals surface area contributed by atoms with Crippen LogP contribution in [0.5, 0.6) is 5.75 Å². The van der Waals surface area contributed by atoms with Crippen molar-refractivity contribution in [2.75, 3.05) is 0 Å². The minimum atomic E-state index is -4.43. The summed E-state index contributed by atoms with van der Waals surface area (Å²) < 4.78 is 50.1.